The summed E-state index contributed by atoms with van der Waals surface area (Å²) in [4.78, 5) is 10.9. The topological polar surface area (TPSA) is 76.2 Å². The third kappa shape index (κ3) is 4.59. The van der Waals surface area contributed by atoms with Gasteiger partial charge in [0.05, 0.1) is 16.6 Å². The van der Waals surface area contributed by atoms with Gasteiger partial charge in [-0.15, -0.1) is 0 Å². The molecule has 3 aromatic rings. The molecule has 0 radical (unpaired) electrons. The Morgan fingerprint density at radius 3 is 2.57 bits per heavy atom. The van der Waals surface area contributed by atoms with E-state index in [2.05, 4.69) is 0 Å². The van der Waals surface area contributed by atoms with E-state index in [9.17, 15) is 19.8 Å². The summed E-state index contributed by atoms with van der Waals surface area (Å²) in [5.74, 6) is -0.329. The summed E-state index contributed by atoms with van der Waals surface area (Å²) in [6.07, 6.45) is 1.47. The van der Waals surface area contributed by atoms with Crippen molar-refractivity contribution in [3.8, 4) is 11.8 Å². The summed E-state index contributed by atoms with van der Waals surface area (Å²) in [5, 5.41) is 20.8. The van der Waals surface area contributed by atoms with Crippen LogP contribution in [-0.4, -0.2) is 4.92 Å². The molecule has 0 saturated carbocycles. The molecule has 6 heteroatoms. The lowest BCUT2D eigenvalue weighted by atomic mass is 10.0. The Hall–Kier alpha value is -3.98. The molecule has 0 aliphatic rings. The van der Waals surface area contributed by atoms with E-state index in [0.717, 1.165) is 5.56 Å². The lowest BCUT2D eigenvalue weighted by molar-refractivity contribution is -0.386. The minimum atomic E-state index is -0.536. The molecule has 0 aromatic heterocycles. The number of nitrogens with zero attached hydrogens (tertiary/aromatic N) is 2. The fraction of sp³-hybridized carbons (Fsp3) is 0.0455. The maximum Gasteiger partial charge on any atom is 0.311 e. The van der Waals surface area contributed by atoms with Crippen molar-refractivity contribution in [3.05, 3.63) is 105 Å². The number of benzene rings is 3. The second-order valence-corrected chi connectivity index (χ2v) is 5.94. The SMILES string of the molecule is N#CC(=Cc1ccc(OCc2ccccc2)c([N+](=O)[O-])c1)c1cccc(F)c1. The van der Waals surface area contributed by atoms with E-state index >= 15 is 0 Å². The van der Waals surface area contributed by atoms with Crippen LogP contribution in [0.2, 0.25) is 0 Å². The number of allylic oxidation sites excluding steroid dienone is 1. The van der Waals surface area contributed by atoms with E-state index in [1.165, 1.54) is 36.4 Å². The first kappa shape index (κ1) is 18.8. The third-order valence-corrected chi connectivity index (χ3v) is 3.98. The molecule has 0 amide bonds. The number of nitriles is 1. The fourth-order valence-electron chi connectivity index (χ4n) is 2.63. The zero-order valence-corrected chi connectivity index (χ0v) is 14.7. The molecule has 0 saturated heterocycles. The molecule has 3 aromatic carbocycles. The van der Waals surface area contributed by atoms with Gasteiger partial charge in [0.2, 0.25) is 0 Å². The predicted octanol–water partition coefficient (Wildman–Crippen LogP) is 5.38. The molecule has 0 spiro atoms. The van der Waals surface area contributed by atoms with E-state index in [1.807, 2.05) is 36.4 Å². The van der Waals surface area contributed by atoms with Crippen LogP contribution in [0.1, 0.15) is 16.7 Å². The molecular formula is C22H15FN2O3. The van der Waals surface area contributed by atoms with Crippen LogP contribution in [0.4, 0.5) is 10.1 Å². The molecule has 5 nitrogen and oxygen atoms in total. The minimum absolute atomic E-state index is 0.135. The van der Waals surface area contributed by atoms with Crippen LogP contribution >= 0.6 is 0 Å². The Labute approximate surface area is 161 Å². The first-order chi connectivity index (χ1) is 13.6. The highest BCUT2D eigenvalue weighted by Gasteiger charge is 2.16. The van der Waals surface area contributed by atoms with Gasteiger partial charge in [-0.3, -0.25) is 10.1 Å². The second kappa shape index (κ2) is 8.60. The second-order valence-electron chi connectivity index (χ2n) is 5.94. The number of nitro benzene ring substituents is 1. The van der Waals surface area contributed by atoms with Crippen molar-refractivity contribution < 1.29 is 14.1 Å². The average Bonchev–Trinajstić information content (AvgIpc) is 2.71. The van der Waals surface area contributed by atoms with E-state index in [-0.39, 0.29) is 23.6 Å². The largest absolute Gasteiger partial charge is 0.482 e. The van der Waals surface area contributed by atoms with Gasteiger partial charge in [0, 0.05) is 6.07 Å². The maximum atomic E-state index is 13.4. The lowest BCUT2D eigenvalue weighted by Crippen LogP contribution is -1.99. The Kier molecular flexibility index (Phi) is 5.78. The van der Waals surface area contributed by atoms with Crippen LogP contribution in [0.25, 0.3) is 11.6 Å². The van der Waals surface area contributed by atoms with E-state index in [4.69, 9.17) is 4.74 Å². The van der Waals surface area contributed by atoms with Crippen molar-refractivity contribution in [1.82, 2.24) is 0 Å². The average molecular weight is 374 g/mol. The summed E-state index contributed by atoms with van der Waals surface area (Å²) in [6, 6.07) is 21.4. The fourth-order valence-corrected chi connectivity index (χ4v) is 2.63. The molecule has 0 unspecified atom stereocenters. The van der Waals surface area contributed by atoms with Gasteiger partial charge in [0.25, 0.3) is 0 Å². The molecule has 28 heavy (non-hydrogen) atoms. The van der Waals surface area contributed by atoms with Gasteiger partial charge in [0.1, 0.15) is 12.4 Å². The smallest absolute Gasteiger partial charge is 0.311 e. The molecule has 0 aliphatic carbocycles. The van der Waals surface area contributed by atoms with Crippen LogP contribution in [0.5, 0.6) is 5.75 Å². The first-order valence-corrected chi connectivity index (χ1v) is 8.40. The molecule has 0 N–H and O–H groups in total. The Morgan fingerprint density at radius 1 is 1.11 bits per heavy atom. The van der Waals surface area contributed by atoms with E-state index < -0.39 is 10.7 Å². The van der Waals surface area contributed by atoms with Crippen LogP contribution in [-0.2, 0) is 6.61 Å². The van der Waals surface area contributed by atoms with Gasteiger partial charge < -0.3 is 4.74 Å². The van der Waals surface area contributed by atoms with Crippen molar-refractivity contribution in [2.75, 3.05) is 0 Å². The number of rotatable bonds is 6. The predicted molar refractivity (Wildman–Crippen MR) is 104 cm³/mol. The van der Waals surface area contributed by atoms with Crippen molar-refractivity contribution in [2.45, 2.75) is 6.61 Å². The van der Waals surface area contributed by atoms with Crippen LogP contribution in [0, 0.1) is 27.3 Å². The number of halogens is 1. The van der Waals surface area contributed by atoms with Gasteiger partial charge in [-0.05, 0) is 41.0 Å². The number of nitro groups is 1. The summed E-state index contributed by atoms with van der Waals surface area (Å²) < 4.78 is 19.0. The maximum absolute atomic E-state index is 13.4. The Bertz CT molecular complexity index is 1070. The molecular weight excluding hydrogens is 359 g/mol. The van der Waals surface area contributed by atoms with Crippen molar-refractivity contribution in [2.24, 2.45) is 0 Å². The molecule has 3 rings (SSSR count). The Morgan fingerprint density at radius 2 is 1.89 bits per heavy atom. The summed E-state index contributed by atoms with van der Waals surface area (Å²) in [7, 11) is 0. The van der Waals surface area contributed by atoms with Crippen molar-refractivity contribution in [3.63, 3.8) is 0 Å². The highest BCUT2D eigenvalue weighted by atomic mass is 19.1. The summed E-state index contributed by atoms with van der Waals surface area (Å²) in [6.45, 7) is 0.198. The molecule has 0 fully saturated rings. The van der Waals surface area contributed by atoms with E-state index in [0.29, 0.717) is 11.1 Å². The van der Waals surface area contributed by atoms with Gasteiger partial charge in [0.15, 0.2) is 5.75 Å². The zero-order chi connectivity index (χ0) is 19.9. The van der Waals surface area contributed by atoms with Gasteiger partial charge >= 0.3 is 5.69 Å². The first-order valence-electron chi connectivity index (χ1n) is 8.40. The molecule has 138 valence electrons. The molecule has 0 atom stereocenters. The van der Waals surface area contributed by atoms with E-state index in [1.54, 1.807) is 12.1 Å². The van der Waals surface area contributed by atoms with Crippen LogP contribution in [0.3, 0.4) is 0 Å². The lowest BCUT2D eigenvalue weighted by Gasteiger charge is -2.08. The molecule has 0 aliphatic heterocycles. The van der Waals surface area contributed by atoms with Gasteiger partial charge in [-0.2, -0.15) is 5.26 Å². The molecule has 0 heterocycles. The highest BCUT2D eigenvalue weighted by molar-refractivity contribution is 5.90. The van der Waals surface area contributed by atoms with Crippen molar-refractivity contribution in [1.29, 1.82) is 5.26 Å². The summed E-state index contributed by atoms with van der Waals surface area (Å²) in [5.41, 5.74) is 1.72. The quantitative estimate of drug-likeness (QED) is 0.251. The monoisotopic (exact) mass is 374 g/mol. The zero-order valence-electron chi connectivity index (χ0n) is 14.7. The number of ether oxygens (including phenoxy) is 1. The van der Waals surface area contributed by atoms with Gasteiger partial charge in [-0.25, -0.2) is 4.39 Å². The molecule has 0 bridgehead atoms. The van der Waals surface area contributed by atoms with Crippen molar-refractivity contribution >= 4 is 17.3 Å². The summed E-state index contributed by atoms with van der Waals surface area (Å²) >= 11 is 0. The third-order valence-electron chi connectivity index (χ3n) is 3.98. The minimum Gasteiger partial charge on any atom is -0.482 e. The van der Waals surface area contributed by atoms with Gasteiger partial charge in [-0.1, -0.05) is 48.5 Å². The standard InChI is InChI=1S/C22H15FN2O3/c23-20-8-4-7-18(13-20)19(14-24)11-17-9-10-22(21(12-17)25(26)27)28-15-16-5-2-1-3-6-16/h1-13H,15H2. The van der Waals surface area contributed by atoms with Crippen LogP contribution in [0.15, 0.2) is 72.8 Å². The van der Waals surface area contributed by atoms with Crippen LogP contribution < -0.4 is 4.74 Å². The number of hydrogen-bond donors (Lipinski definition) is 0. The highest BCUT2D eigenvalue weighted by Crippen LogP contribution is 2.30. The normalized spacial score (nSPS) is 10.9. The Balaban J connectivity index is 1.89. The number of hydrogen-bond acceptors (Lipinski definition) is 4.